The largest absolute Gasteiger partial charge is 0.394 e. The van der Waals surface area contributed by atoms with Crippen molar-refractivity contribution in [3.8, 4) is 0 Å². The molecular weight excluding hydrogens is 202 g/mol. The van der Waals surface area contributed by atoms with Gasteiger partial charge in [0.1, 0.15) is 23.8 Å². The van der Waals surface area contributed by atoms with Gasteiger partial charge in [-0.25, -0.2) is 0 Å². The first-order valence-electron chi connectivity index (χ1n) is 3.50. The van der Waals surface area contributed by atoms with Crippen LogP contribution in [-0.2, 0) is 4.79 Å². The third-order valence-corrected chi connectivity index (χ3v) is 1.74. The highest BCUT2D eigenvalue weighted by Crippen LogP contribution is 2.03. The van der Waals surface area contributed by atoms with Gasteiger partial charge < -0.3 is 26.2 Å². The third kappa shape index (κ3) is 3.55. The van der Waals surface area contributed by atoms with Crippen molar-refractivity contribution in [2.45, 2.75) is 23.8 Å². The number of rotatable bonds is 5. The van der Waals surface area contributed by atoms with E-state index in [9.17, 15) is 4.79 Å². The van der Waals surface area contributed by atoms with Crippen molar-refractivity contribution in [2.75, 3.05) is 6.61 Å². The number of nitrogens with two attached hydrogens (primary N) is 1. The molecule has 78 valence electrons. The summed E-state index contributed by atoms with van der Waals surface area (Å²) in [6.45, 7) is -0.780. The molecule has 0 fully saturated rings. The fourth-order valence-electron chi connectivity index (χ4n) is 0.622. The van der Waals surface area contributed by atoms with Crippen molar-refractivity contribution in [3.05, 3.63) is 0 Å². The summed E-state index contributed by atoms with van der Waals surface area (Å²) in [7, 11) is 0. The van der Waals surface area contributed by atoms with Crippen LogP contribution in [0.3, 0.4) is 0 Å². The number of halogens is 1. The molecule has 0 aliphatic carbocycles. The van der Waals surface area contributed by atoms with Gasteiger partial charge in [0.2, 0.25) is 0 Å². The van der Waals surface area contributed by atoms with Crippen LogP contribution in [0.15, 0.2) is 0 Å². The minimum absolute atomic E-state index is 0.780. The van der Waals surface area contributed by atoms with Crippen molar-refractivity contribution in [1.29, 1.82) is 0 Å². The van der Waals surface area contributed by atoms with Crippen molar-refractivity contribution < 1.29 is 25.2 Å². The number of hydrogen-bond donors (Lipinski definition) is 5. The van der Waals surface area contributed by atoms with E-state index in [1.165, 1.54) is 0 Å². The maximum Gasteiger partial charge on any atom is 0.184 e. The number of carbonyl (C=O) groups excluding carboxylic acids is 1. The smallest absolute Gasteiger partial charge is 0.184 e. The van der Waals surface area contributed by atoms with Gasteiger partial charge in [0, 0.05) is 0 Å². The second kappa shape index (κ2) is 5.48. The van der Waals surface area contributed by atoms with Crippen molar-refractivity contribution in [1.82, 2.24) is 0 Å². The Hall–Kier alpha value is -0.240. The van der Waals surface area contributed by atoms with Crippen molar-refractivity contribution in [2.24, 2.45) is 5.73 Å². The van der Waals surface area contributed by atoms with Crippen LogP contribution in [0, 0.1) is 0 Å². The molecule has 4 atom stereocenters. The van der Waals surface area contributed by atoms with Gasteiger partial charge in [-0.3, -0.25) is 4.79 Å². The van der Waals surface area contributed by atoms with Gasteiger partial charge in [0.05, 0.1) is 6.61 Å². The molecule has 6 N–H and O–H groups in total. The first-order valence-corrected chi connectivity index (χ1v) is 3.94. The van der Waals surface area contributed by atoms with E-state index in [4.69, 9.17) is 37.8 Å². The molecule has 0 heterocycles. The van der Waals surface area contributed by atoms with Crippen molar-refractivity contribution in [3.63, 3.8) is 0 Å². The molecule has 13 heavy (non-hydrogen) atoms. The molecule has 6 nitrogen and oxygen atoms in total. The lowest BCUT2D eigenvalue weighted by atomic mass is 10.0. The first-order chi connectivity index (χ1) is 5.91. The number of ketones is 1. The average Bonchev–Trinajstić information content (AvgIpc) is 2.12. The Kier molecular flexibility index (Phi) is 5.38. The molecule has 1 unspecified atom stereocenters. The van der Waals surface area contributed by atoms with E-state index in [2.05, 4.69) is 0 Å². The number of aliphatic hydroxyl groups is 4. The van der Waals surface area contributed by atoms with Crippen LogP contribution in [0.25, 0.3) is 0 Å². The average molecular weight is 214 g/mol. The van der Waals surface area contributed by atoms with Crippen LogP contribution in [0.2, 0.25) is 0 Å². The SMILES string of the molecule is N[C@H](C(=O)[C@H](O)[C@H](O)CO)C(O)Cl. The quantitative estimate of drug-likeness (QED) is 0.313. The molecule has 0 aromatic carbocycles. The number of alkyl halides is 1. The third-order valence-electron chi connectivity index (χ3n) is 1.47. The molecule has 0 aromatic heterocycles. The Morgan fingerprint density at radius 2 is 1.85 bits per heavy atom. The van der Waals surface area contributed by atoms with E-state index in [0.717, 1.165) is 0 Å². The van der Waals surface area contributed by atoms with Gasteiger partial charge in [-0.2, -0.15) is 0 Å². The second-order valence-electron chi connectivity index (χ2n) is 2.50. The fourth-order valence-corrected chi connectivity index (χ4v) is 0.746. The van der Waals surface area contributed by atoms with Crippen molar-refractivity contribution >= 4 is 17.4 Å². The van der Waals surface area contributed by atoms with Crippen LogP contribution in [0.5, 0.6) is 0 Å². The van der Waals surface area contributed by atoms with Gasteiger partial charge in [0.25, 0.3) is 0 Å². The second-order valence-corrected chi connectivity index (χ2v) is 2.94. The molecule has 0 saturated heterocycles. The minimum Gasteiger partial charge on any atom is -0.394 e. The summed E-state index contributed by atoms with van der Waals surface area (Å²) in [6.07, 6.45) is -3.46. The highest BCUT2D eigenvalue weighted by Gasteiger charge is 2.31. The van der Waals surface area contributed by atoms with E-state index in [1.807, 2.05) is 0 Å². The number of aliphatic hydroxyl groups excluding tert-OH is 4. The van der Waals surface area contributed by atoms with Crippen LogP contribution >= 0.6 is 11.6 Å². The first kappa shape index (κ1) is 12.8. The lowest BCUT2D eigenvalue weighted by Gasteiger charge is -2.19. The predicted octanol–water partition coefficient (Wildman–Crippen LogP) is -2.85. The molecule has 0 aromatic rings. The standard InChI is InChI=1S/C6H12ClNO5/c7-6(13)3(8)5(12)4(11)2(10)1-9/h2-4,6,9-11,13H,1,8H2/t2-,3-,4-,6?/m1/s1. The maximum atomic E-state index is 11.0. The lowest BCUT2D eigenvalue weighted by Crippen LogP contribution is -2.49. The van der Waals surface area contributed by atoms with Crippen LogP contribution < -0.4 is 5.73 Å². The molecule has 0 aliphatic heterocycles. The minimum atomic E-state index is -1.84. The van der Waals surface area contributed by atoms with E-state index < -0.39 is 36.2 Å². The van der Waals surface area contributed by atoms with Gasteiger partial charge in [-0.1, -0.05) is 11.6 Å². The summed E-state index contributed by atoms with van der Waals surface area (Å²) < 4.78 is 0. The maximum absolute atomic E-state index is 11.0. The summed E-state index contributed by atoms with van der Waals surface area (Å²) in [6, 6.07) is -1.49. The molecule has 0 spiro atoms. The highest BCUT2D eigenvalue weighted by atomic mass is 35.5. The molecule has 0 radical (unpaired) electrons. The summed E-state index contributed by atoms with van der Waals surface area (Å²) >= 11 is 5.07. The molecular formula is C6H12ClNO5. The topological polar surface area (TPSA) is 124 Å². The van der Waals surface area contributed by atoms with E-state index in [1.54, 1.807) is 0 Å². The molecule has 0 aliphatic rings. The van der Waals surface area contributed by atoms with E-state index >= 15 is 0 Å². The summed E-state index contributed by atoms with van der Waals surface area (Å²) in [5, 5.41) is 34.9. The molecule has 0 bridgehead atoms. The van der Waals surface area contributed by atoms with Gasteiger partial charge in [-0.05, 0) is 0 Å². The molecule has 0 amide bonds. The van der Waals surface area contributed by atoms with Gasteiger partial charge in [-0.15, -0.1) is 0 Å². The summed E-state index contributed by atoms with van der Waals surface area (Å²) in [4.78, 5) is 11.0. The van der Waals surface area contributed by atoms with Gasteiger partial charge in [0.15, 0.2) is 5.78 Å². The predicted molar refractivity (Wildman–Crippen MR) is 43.9 cm³/mol. The normalized spacial score (nSPS) is 20.5. The number of carbonyl (C=O) groups is 1. The highest BCUT2D eigenvalue weighted by molar-refractivity contribution is 6.21. The van der Waals surface area contributed by atoms with Crippen LogP contribution in [0.4, 0.5) is 0 Å². The van der Waals surface area contributed by atoms with E-state index in [0.29, 0.717) is 0 Å². The Morgan fingerprint density at radius 3 is 2.15 bits per heavy atom. The lowest BCUT2D eigenvalue weighted by molar-refractivity contribution is -0.137. The fraction of sp³-hybridized carbons (Fsp3) is 0.833. The zero-order valence-corrected chi connectivity index (χ0v) is 7.42. The Labute approximate surface area is 79.5 Å². The Morgan fingerprint density at radius 1 is 1.38 bits per heavy atom. The Balaban J connectivity index is 4.25. The van der Waals surface area contributed by atoms with Gasteiger partial charge >= 0.3 is 0 Å². The molecule has 7 heteroatoms. The van der Waals surface area contributed by atoms with E-state index in [-0.39, 0.29) is 0 Å². The Bertz CT molecular complexity index is 176. The number of Topliss-reactive ketones (excluding diaryl/α,β-unsaturated/α-hetero) is 1. The van der Waals surface area contributed by atoms with Crippen LogP contribution in [-0.4, -0.2) is 56.6 Å². The van der Waals surface area contributed by atoms with Crippen LogP contribution in [0.1, 0.15) is 0 Å². The number of hydrogen-bond acceptors (Lipinski definition) is 6. The zero-order chi connectivity index (χ0) is 10.6. The summed E-state index contributed by atoms with van der Waals surface area (Å²) in [5.74, 6) is -1.02. The summed E-state index contributed by atoms with van der Waals surface area (Å²) in [5.41, 5.74) is 3.44. The zero-order valence-electron chi connectivity index (χ0n) is 6.67. The monoisotopic (exact) mass is 213 g/mol. The molecule has 0 saturated carbocycles. The molecule has 0 rings (SSSR count).